The van der Waals surface area contributed by atoms with E-state index in [1.807, 2.05) is 36.4 Å². The average Bonchev–Trinajstić information content (AvgIpc) is 2.56. The van der Waals surface area contributed by atoms with E-state index in [0.29, 0.717) is 31.3 Å². The maximum atomic E-state index is 12.3. The number of halogens is 1. The molecule has 0 saturated carbocycles. The minimum atomic E-state index is -0.0954. The highest BCUT2D eigenvalue weighted by Gasteiger charge is 2.16. The lowest BCUT2D eigenvalue weighted by Crippen LogP contribution is -2.17. The molecule has 1 aliphatic rings. The van der Waals surface area contributed by atoms with Crippen molar-refractivity contribution >= 4 is 27.5 Å². The highest BCUT2D eigenvalue weighted by atomic mass is 79.9. The Morgan fingerprint density at radius 3 is 2.71 bits per heavy atom. The molecular formula is C18H18BrNO4. The van der Waals surface area contributed by atoms with Gasteiger partial charge in [0.25, 0.3) is 0 Å². The van der Waals surface area contributed by atoms with Crippen LogP contribution >= 0.6 is 15.9 Å². The second-order valence-electron chi connectivity index (χ2n) is 5.45. The molecule has 0 saturated heterocycles. The second-order valence-corrected chi connectivity index (χ2v) is 6.30. The van der Waals surface area contributed by atoms with Crippen LogP contribution in [0.5, 0.6) is 11.5 Å². The fraction of sp³-hybridized carbons (Fsp3) is 0.278. The number of fused-ring (bicyclic) bond motifs is 1. The molecular weight excluding hydrogens is 374 g/mol. The van der Waals surface area contributed by atoms with Crippen molar-refractivity contribution in [3.05, 3.63) is 52.0 Å². The van der Waals surface area contributed by atoms with Crippen molar-refractivity contribution < 1.29 is 19.0 Å². The van der Waals surface area contributed by atoms with Crippen LogP contribution < -0.4 is 14.8 Å². The van der Waals surface area contributed by atoms with E-state index in [9.17, 15) is 4.79 Å². The summed E-state index contributed by atoms with van der Waals surface area (Å²) in [4.78, 5) is 12.3. The molecule has 24 heavy (non-hydrogen) atoms. The molecule has 0 unspecified atom stereocenters. The molecule has 0 radical (unpaired) electrons. The van der Waals surface area contributed by atoms with Crippen molar-refractivity contribution in [2.45, 2.75) is 13.0 Å². The fourth-order valence-electron chi connectivity index (χ4n) is 2.53. The lowest BCUT2D eigenvalue weighted by Gasteiger charge is -2.19. The van der Waals surface area contributed by atoms with E-state index in [2.05, 4.69) is 21.2 Å². The zero-order chi connectivity index (χ0) is 16.9. The highest BCUT2D eigenvalue weighted by molar-refractivity contribution is 9.10. The van der Waals surface area contributed by atoms with E-state index in [4.69, 9.17) is 14.2 Å². The van der Waals surface area contributed by atoms with E-state index in [0.717, 1.165) is 21.3 Å². The molecule has 1 aliphatic heterocycles. The number of nitrogens with one attached hydrogen (secondary N) is 1. The van der Waals surface area contributed by atoms with E-state index in [1.54, 1.807) is 7.11 Å². The summed E-state index contributed by atoms with van der Waals surface area (Å²) in [5, 5.41) is 2.91. The number of carbonyl (C=O) groups is 1. The topological polar surface area (TPSA) is 56.8 Å². The van der Waals surface area contributed by atoms with Gasteiger partial charge in [-0.2, -0.15) is 0 Å². The number of carbonyl (C=O) groups excluding carboxylic acids is 1. The number of anilines is 1. The first kappa shape index (κ1) is 16.8. The Bertz CT molecular complexity index is 748. The maximum absolute atomic E-state index is 12.3. The molecule has 0 spiro atoms. The molecule has 2 aromatic rings. The number of hydrogen-bond acceptors (Lipinski definition) is 4. The molecule has 1 heterocycles. The van der Waals surface area contributed by atoms with Gasteiger partial charge in [-0.25, -0.2) is 0 Å². The number of methoxy groups -OCH3 is 1. The molecule has 0 aliphatic carbocycles. The van der Waals surface area contributed by atoms with Crippen LogP contribution in [0.4, 0.5) is 5.69 Å². The van der Waals surface area contributed by atoms with Crippen LogP contribution in [0.3, 0.4) is 0 Å². The molecule has 1 N–H and O–H groups in total. The molecule has 0 aromatic heterocycles. The summed E-state index contributed by atoms with van der Waals surface area (Å²) in [7, 11) is 1.64. The third-order valence-corrected chi connectivity index (χ3v) is 4.32. The second kappa shape index (κ2) is 7.68. The monoisotopic (exact) mass is 391 g/mol. The Kier molecular flexibility index (Phi) is 5.37. The molecule has 1 amide bonds. The fourth-order valence-corrected chi connectivity index (χ4v) is 2.99. The summed E-state index contributed by atoms with van der Waals surface area (Å²) in [5.74, 6) is 1.28. The summed E-state index contributed by atoms with van der Waals surface area (Å²) in [6, 6.07) is 11.3. The Morgan fingerprint density at radius 1 is 1.21 bits per heavy atom. The van der Waals surface area contributed by atoms with Gasteiger partial charge in [0.1, 0.15) is 13.2 Å². The molecule has 5 nitrogen and oxygen atoms in total. The van der Waals surface area contributed by atoms with Crippen molar-refractivity contribution in [3.8, 4) is 11.5 Å². The number of amides is 1. The summed E-state index contributed by atoms with van der Waals surface area (Å²) >= 11 is 3.49. The SMILES string of the molecule is COCc1cccc(NC(=O)Cc2cc3c(cc2Br)OCCO3)c1. The van der Waals surface area contributed by atoms with Crippen LogP contribution in [0.25, 0.3) is 0 Å². The smallest absolute Gasteiger partial charge is 0.228 e. The van der Waals surface area contributed by atoms with Crippen molar-refractivity contribution in [1.29, 1.82) is 0 Å². The van der Waals surface area contributed by atoms with Crippen molar-refractivity contribution in [2.75, 3.05) is 25.6 Å². The molecule has 6 heteroatoms. The standard InChI is InChI=1S/C18H18BrNO4/c1-22-11-12-3-2-4-14(7-12)20-18(21)9-13-8-16-17(10-15(13)19)24-6-5-23-16/h2-4,7-8,10H,5-6,9,11H2,1H3,(H,20,21). The summed E-state index contributed by atoms with van der Waals surface area (Å²) in [6.45, 7) is 1.57. The van der Waals surface area contributed by atoms with Crippen LogP contribution in [0.1, 0.15) is 11.1 Å². The Labute approximate surface area is 149 Å². The zero-order valence-electron chi connectivity index (χ0n) is 13.3. The first-order valence-corrected chi connectivity index (χ1v) is 8.41. The molecule has 0 bridgehead atoms. The van der Waals surface area contributed by atoms with Crippen LogP contribution in [0.15, 0.2) is 40.9 Å². The largest absolute Gasteiger partial charge is 0.486 e. The van der Waals surface area contributed by atoms with Crippen LogP contribution in [0.2, 0.25) is 0 Å². The predicted molar refractivity (Wildman–Crippen MR) is 94.6 cm³/mol. The van der Waals surface area contributed by atoms with Gasteiger partial charge >= 0.3 is 0 Å². The molecule has 0 atom stereocenters. The van der Waals surface area contributed by atoms with Crippen molar-refractivity contribution in [1.82, 2.24) is 0 Å². The van der Waals surface area contributed by atoms with E-state index >= 15 is 0 Å². The number of ether oxygens (including phenoxy) is 3. The quantitative estimate of drug-likeness (QED) is 0.846. The van der Waals surface area contributed by atoms with Gasteiger partial charge in [-0.15, -0.1) is 0 Å². The zero-order valence-corrected chi connectivity index (χ0v) is 14.9. The number of benzene rings is 2. The number of rotatable bonds is 5. The van der Waals surface area contributed by atoms with Gasteiger partial charge in [0.15, 0.2) is 11.5 Å². The first-order chi connectivity index (χ1) is 11.7. The predicted octanol–water partition coefficient (Wildman–Crippen LogP) is 3.55. The van der Waals surface area contributed by atoms with Gasteiger partial charge in [-0.05, 0) is 35.4 Å². The normalized spacial score (nSPS) is 12.8. The van der Waals surface area contributed by atoms with E-state index in [-0.39, 0.29) is 12.3 Å². The lowest BCUT2D eigenvalue weighted by molar-refractivity contribution is -0.115. The molecule has 2 aromatic carbocycles. The van der Waals surface area contributed by atoms with E-state index in [1.165, 1.54) is 0 Å². The maximum Gasteiger partial charge on any atom is 0.228 e. The van der Waals surface area contributed by atoms with E-state index < -0.39 is 0 Å². The van der Waals surface area contributed by atoms with Gasteiger partial charge in [0.05, 0.1) is 13.0 Å². The minimum Gasteiger partial charge on any atom is -0.486 e. The Balaban J connectivity index is 1.70. The summed E-state index contributed by atoms with van der Waals surface area (Å²) in [5.41, 5.74) is 2.61. The summed E-state index contributed by atoms with van der Waals surface area (Å²) < 4.78 is 17.0. The van der Waals surface area contributed by atoms with Gasteiger partial charge in [-0.3, -0.25) is 4.79 Å². The first-order valence-electron chi connectivity index (χ1n) is 7.61. The van der Waals surface area contributed by atoms with Crippen LogP contribution in [-0.4, -0.2) is 26.2 Å². The van der Waals surface area contributed by atoms with Crippen LogP contribution in [0, 0.1) is 0 Å². The van der Waals surface area contributed by atoms with Gasteiger partial charge < -0.3 is 19.5 Å². The third kappa shape index (κ3) is 4.07. The Morgan fingerprint density at radius 2 is 1.96 bits per heavy atom. The molecule has 0 fully saturated rings. The Hall–Kier alpha value is -2.05. The number of hydrogen-bond donors (Lipinski definition) is 1. The highest BCUT2D eigenvalue weighted by Crippen LogP contribution is 2.35. The third-order valence-electron chi connectivity index (χ3n) is 3.58. The van der Waals surface area contributed by atoms with Gasteiger partial charge in [-0.1, -0.05) is 28.1 Å². The van der Waals surface area contributed by atoms with Gasteiger partial charge in [0.2, 0.25) is 5.91 Å². The minimum absolute atomic E-state index is 0.0954. The van der Waals surface area contributed by atoms with Gasteiger partial charge in [0, 0.05) is 17.3 Å². The van der Waals surface area contributed by atoms with Crippen molar-refractivity contribution in [2.24, 2.45) is 0 Å². The summed E-state index contributed by atoms with van der Waals surface area (Å²) in [6.07, 6.45) is 0.242. The van der Waals surface area contributed by atoms with Crippen LogP contribution in [-0.2, 0) is 22.6 Å². The lowest BCUT2D eigenvalue weighted by atomic mass is 10.1. The molecule has 3 rings (SSSR count). The van der Waals surface area contributed by atoms with Crippen molar-refractivity contribution in [3.63, 3.8) is 0 Å². The molecule has 126 valence electrons. The average molecular weight is 392 g/mol.